The van der Waals surface area contributed by atoms with Gasteiger partial charge in [-0.15, -0.1) is 0 Å². The first-order chi connectivity index (χ1) is 11.0. The summed E-state index contributed by atoms with van der Waals surface area (Å²) in [5, 5.41) is 0. The number of ketones is 1. The predicted molar refractivity (Wildman–Crippen MR) is 95.1 cm³/mol. The van der Waals surface area contributed by atoms with Crippen LogP contribution in [0.4, 0.5) is 5.69 Å². The van der Waals surface area contributed by atoms with Gasteiger partial charge >= 0.3 is 0 Å². The number of carbonyl (C=O) groups is 1. The maximum absolute atomic E-state index is 12.8. The van der Waals surface area contributed by atoms with Crippen molar-refractivity contribution in [2.45, 2.75) is 46.1 Å². The van der Waals surface area contributed by atoms with Gasteiger partial charge in [0.15, 0.2) is 6.10 Å². The molecule has 1 unspecified atom stereocenters. The van der Waals surface area contributed by atoms with Crippen LogP contribution in [0.5, 0.6) is 5.75 Å². The quantitative estimate of drug-likeness (QED) is 0.602. The average Bonchev–Trinajstić information content (AvgIpc) is 2.56. The molecular weight excluding hydrogens is 286 g/mol. The highest BCUT2D eigenvalue weighted by atomic mass is 16.5. The molecule has 2 aromatic carbocycles. The largest absolute Gasteiger partial charge is 0.480 e. The van der Waals surface area contributed by atoms with Gasteiger partial charge in [-0.25, -0.2) is 0 Å². The zero-order valence-corrected chi connectivity index (χ0v) is 14.1. The summed E-state index contributed by atoms with van der Waals surface area (Å²) in [4.78, 5) is 12.8. The summed E-state index contributed by atoms with van der Waals surface area (Å²) in [6.07, 6.45) is 2.00. The topological polar surface area (TPSA) is 52.3 Å². The maximum Gasteiger partial charge on any atom is 0.203 e. The molecule has 0 radical (unpaired) electrons. The second kappa shape index (κ2) is 7.82. The van der Waals surface area contributed by atoms with Crippen LogP contribution < -0.4 is 10.5 Å². The molecule has 0 bridgehead atoms. The van der Waals surface area contributed by atoms with Gasteiger partial charge in [-0.05, 0) is 43.0 Å². The molecular formula is C20H25NO2. The molecule has 0 aliphatic carbocycles. The Morgan fingerprint density at radius 2 is 1.83 bits per heavy atom. The smallest absolute Gasteiger partial charge is 0.203 e. The Kier molecular flexibility index (Phi) is 5.80. The van der Waals surface area contributed by atoms with E-state index in [0.717, 1.165) is 18.4 Å². The fourth-order valence-corrected chi connectivity index (χ4v) is 2.52. The molecule has 0 saturated carbocycles. The van der Waals surface area contributed by atoms with Crippen molar-refractivity contribution in [2.75, 3.05) is 5.73 Å². The van der Waals surface area contributed by atoms with Gasteiger partial charge in [-0.2, -0.15) is 0 Å². The minimum atomic E-state index is -0.502. The average molecular weight is 311 g/mol. The summed E-state index contributed by atoms with van der Waals surface area (Å²) in [7, 11) is 0. The van der Waals surface area contributed by atoms with Crippen molar-refractivity contribution in [1.29, 1.82) is 0 Å². The highest BCUT2D eigenvalue weighted by molar-refractivity contribution is 5.99. The van der Waals surface area contributed by atoms with Gasteiger partial charge in [0.2, 0.25) is 5.78 Å². The van der Waals surface area contributed by atoms with Crippen molar-refractivity contribution in [2.24, 2.45) is 0 Å². The van der Waals surface area contributed by atoms with Crippen LogP contribution in [0.25, 0.3) is 0 Å². The Bertz CT molecular complexity index is 662. The lowest BCUT2D eigenvalue weighted by Crippen LogP contribution is -2.27. The fourth-order valence-electron chi connectivity index (χ4n) is 2.52. The third-order valence-corrected chi connectivity index (χ3v) is 3.92. The van der Waals surface area contributed by atoms with Crippen LogP contribution in [0.3, 0.4) is 0 Å². The first kappa shape index (κ1) is 17.1. The van der Waals surface area contributed by atoms with Crippen molar-refractivity contribution in [1.82, 2.24) is 0 Å². The number of Topliss-reactive ketones (excluding diaryl/α,β-unsaturated/α-hetero) is 1. The molecule has 0 aromatic heterocycles. The number of nitrogens with two attached hydrogens (primary N) is 1. The standard InChI is InChI=1S/C20H25NO2/c1-4-6-19(23-18-12-7-14(3)13-17(18)21)20(22)16-10-8-15(5-2)9-11-16/h7-13,19H,4-6,21H2,1-3H3. The summed E-state index contributed by atoms with van der Waals surface area (Å²) in [5.41, 5.74) is 9.55. The number of anilines is 1. The lowest BCUT2D eigenvalue weighted by Gasteiger charge is -2.19. The van der Waals surface area contributed by atoms with Crippen LogP contribution in [-0.2, 0) is 6.42 Å². The molecule has 0 fully saturated rings. The SMILES string of the molecule is CCCC(Oc1ccc(C)cc1N)C(=O)c1ccc(CC)cc1. The van der Waals surface area contributed by atoms with Crippen molar-refractivity contribution in [3.63, 3.8) is 0 Å². The Labute approximate surface area is 138 Å². The van der Waals surface area contributed by atoms with Crippen molar-refractivity contribution in [3.05, 3.63) is 59.2 Å². The maximum atomic E-state index is 12.8. The number of rotatable bonds is 7. The molecule has 3 nitrogen and oxygen atoms in total. The number of hydrogen-bond donors (Lipinski definition) is 1. The summed E-state index contributed by atoms with van der Waals surface area (Å²) in [5.74, 6) is 0.585. The molecule has 2 aromatic rings. The van der Waals surface area contributed by atoms with Crippen LogP contribution in [0.15, 0.2) is 42.5 Å². The second-order valence-electron chi connectivity index (χ2n) is 5.85. The van der Waals surface area contributed by atoms with Gasteiger partial charge in [0.25, 0.3) is 0 Å². The molecule has 0 spiro atoms. The lowest BCUT2D eigenvalue weighted by molar-refractivity contribution is 0.0779. The Morgan fingerprint density at radius 1 is 1.13 bits per heavy atom. The van der Waals surface area contributed by atoms with E-state index < -0.39 is 6.10 Å². The van der Waals surface area contributed by atoms with Crippen LogP contribution in [0, 0.1) is 6.92 Å². The molecule has 122 valence electrons. The molecule has 0 saturated heterocycles. The van der Waals surface area contributed by atoms with E-state index in [2.05, 4.69) is 6.92 Å². The van der Waals surface area contributed by atoms with E-state index in [1.54, 1.807) is 0 Å². The van der Waals surface area contributed by atoms with Crippen molar-refractivity contribution < 1.29 is 9.53 Å². The molecule has 1 atom stereocenters. The van der Waals surface area contributed by atoms with Gasteiger partial charge in [-0.3, -0.25) is 4.79 Å². The summed E-state index contributed by atoms with van der Waals surface area (Å²) < 4.78 is 5.94. The summed E-state index contributed by atoms with van der Waals surface area (Å²) in [6.45, 7) is 6.12. The van der Waals surface area contributed by atoms with Gasteiger partial charge in [-0.1, -0.05) is 50.6 Å². The molecule has 3 heteroatoms. The van der Waals surface area contributed by atoms with E-state index in [0.29, 0.717) is 23.4 Å². The van der Waals surface area contributed by atoms with E-state index in [4.69, 9.17) is 10.5 Å². The van der Waals surface area contributed by atoms with E-state index in [-0.39, 0.29) is 5.78 Å². The van der Waals surface area contributed by atoms with Crippen molar-refractivity contribution >= 4 is 11.5 Å². The van der Waals surface area contributed by atoms with Crippen molar-refractivity contribution in [3.8, 4) is 5.75 Å². The third kappa shape index (κ3) is 4.35. The number of carbonyl (C=O) groups excluding carboxylic acids is 1. The molecule has 0 aliphatic heterocycles. The van der Waals surface area contributed by atoms with Crippen LogP contribution >= 0.6 is 0 Å². The zero-order chi connectivity index (χ0) is 16.8. The van der Waals surface area contributed by atoms with Gasteiger partial charge in [0.05, 0.1) is 5.69 Å². The fraction of sp³-hybridized carbons (Fsp3) is 0.350. The number of aryl methyl sites for hydroxylation is 2. The van der Waals surface area contributed by atoms with E-state index in [1.807, 2.05) is 56.3 Å². The second-order valence-corrected chi connectivity index (χ2v) is 5.85. The zero-order valence-electron chi connectivity index (χ0n) is 14.1. The monoisotopic (exact) mass is 311 g/mol. The highest BCUT2D eigenvalue weighted by Gasteiger charge is 2.22. The number of ether oxygens (including phenoxy) is 1. The highest BCUT2D eigenvalue weighted by Crippen LogP contribution is 2.25. The van der Waals surface area contributed by atoms with Gasteiger partial charge < -0.3 is 10.5 Å². The van der Waals surface area contributed by atoms with E-state index in [9.17, 15) is 4.79 Å². The van der Waals surface area contributed by atoms with Crippen LogP contribution in [-0.4, -0.2) is 11.9 Å². The molecule has 2 rings (SSSR count). The predicted octanol–water partition coefficient (Wildman–Crippen LogP) is 4.57. The Hall–Kier alpha value is -2.29. The first-order valence-electron chi connectivity index (χ1n) is 8.21. The lowest BCUT2D eigenvalue weighted by atomic mass is 10.0. The van der Waals surface area contributed by atoms with E-state index >= 15 is 0 Å². The van der Waals surface area contributed by atoms with Crippen LogP contribution in [0.1, 0.15) is 48.2 Å². The summed E-state index contributed by atoms with van der Waals surface area (Å²) >= 11 is 0. The molecule has 2 N–H and O–H groups in total. The molecule has 23 heavy (non-hydrogen) atoms. The van der Waals surface area contributed by atoms with Gasteiger partial charge in [0, 0.05) is 5.56 Å². The normalized spacial score (nSPS) is 12.0. The Balaban J connectivity index is 2.20. The number of benzene rings is 2. The number of nitrogen functional groups attached to an aromatic ring is 1. The minimum Gasteiger partial charge on any atom is -0.480 e. The third-order valence-electron chi connectivity index (χ3n) is 3.92. The molecule has 0 heterocycles. The molecule has 0 aliphatic rings. The van der Waals surface area contributed by atoms with Crippen LogP contribution in [0.2, 0.25) is 0 Å². The molecule has 0 amide bonds. The van der Waals surface area contributed by atoms with E-state index in [1.165, 1.54) is 5.56 Å². The minimum absolute atomic E-state index is 0.00878. The Morgan fingerprint density at radius 3 is 2.39 bits per heavy atom. The summed E-state index contributed by atoms with van der Waals surface area (Å²) in [6, 6.07) is 13.4. The van der Waals surface area contributed by atoms with Gasteiger partial charge in [0.1, 0.15) is 5.75 Å². The number of hydrogen-bond acceptors (Lipinski definition) is 3. The first-order valence-corrected chi connectivity index (χ1v) is 8.21.